The van der Waals surface area contributed by atoms with Crippen molar-refractivity contribution >= 4 is 27.5 Å². The van der Waals surface area contributed by atoms with E-state index in [2.05, 4.69) is 110 Å². The normalized spacial score (nSPS) is 12.8. The Balaban J connectivity index is 1.28. The molecule has 32 heavy (non-hydrogen) atoms. The Hall–Kier alpha value is -3.42. The zero-order chi connectivity index (χ0) is 21.5. The van der Waals surface area contributed by atoms with Gasteiger partial charge in [-0.2, -0.15) is 0 Å². The van der Waals surface area contributed by atoms with Crippen molar-refractivity contribution < 1.29 is 0 Å². The van der Waals surface area contributed by atoms with Gasteiger partial charge in [0.05, 0.1) is 0 Å². The summed E-state index contributed by atoms with van der Waals surface area (Å²) in [5.41, 5.74) is 10.3. The van der Waals surface area contributed by atoms with E-state index in [-0.39, 0.29) is 0 Å². The molecule has 4 aromatic carbocycles. The van der Waals surface area contributed by atoms with Gasteiger partial charge in [-0.1, -0.05) is 96.6 Å². The fraction of sp³-hybridized carbons (Fsp3) is 0.0968. The van der Waals surface area contributed by atoms with Crippen LogP contribution in [-0.4, -0.2) is 0 Å². The van der Waals surface area contributed by atoms with Crippen LogP contribution in [0.3, 0.4) is 0 Å². The summed E-state index contributed by atoms with van der Waals surface area (Å²) in [6, 6.07) is 33.5. The van der Waals surface area contributed by atoms with Crippen LogP contribution in [0.2, 0.25) is 0 Å². The standard InChI is InChI=1S/C31H24S/c1-21-6-8-22(9-7-21)23-10-12-24(13-11-23)25-14-16-26(17-15-25)27-18-19-31-29(20-27)28-4-2-3-5-30(28)32-31/h2,4,6-20H,3,5H2,1H3. The Morgan fingerprint density at radius 2 is 1.09 bits per heavy atom. The van der Waals surface area contributed by atoms with E-state index in [1.807, 2.05) is 11.3 Å². The number of thiophene rings is 1. The van der Waals surface area contributed by atoms with E-state index in [0.29, 0.717) is 0 Å². The summed E-state index contributed by atoms with van der Waals surface area (Å²) in [5.74, 6) is 0. The zero-order valence-electron chi connectivity index (χ0n) is 18.1. The molecule has 6 rings (SSSR count). The van der Waals surface area contributed by atoms with Crippen LogP contribution in [0.5, 0.6) is 0 Å². The molecule has 1 aliphatic carbocycles. The molecule has 0 saturated carbocycles. The number of allylic oxidation sites excluding steroid dienone is 1. The van der Waals surface area contributed by atoms with E-state index in [0.717, 1.165) is 0 Å². The molecule has 1 aliphatic rings. The van der Waals surface area contributed by atoms with E-state index < -0.39 is 0 Å². The molecule has 154 valence electrons. The van der Waals surface area contributed by atoms with E-state index >= 15 is 0 Å². The van der Waals surface area contributed by atoms with Crippen LogP contribution in [0, 0.1) is 6.92 Å². The number of hydrogen-bond acceptors (Lipinski definition) is 1. The number of benzene rings is 4. The van der Waals surface area contributed by atoms with Gasteiger partial charge in [0.1, 0.15) is 0 Å². The van der Waals surface area contributed by atoms with Crippen molar-refractivity contribution in [3.63, 3.8) is 0 Å². The second-order valence-corrected chi connectivity index (χ2v) is 9.75. The van der Waals surface area contributed by atoms with Crippen LogP contribution in [-0.2, 0) is 6.42 Å². The molecule has 1 heteroatoms. The number of aryl methyl sites for hydroxylation is 2. The van der Waals surface area contributed by atoms with Gasteiger partial charge in [0, 0.05) is 15.0 Å². The van der Waals surface area contributed by atoms with E-state index in [1.54, 1.807) is 0 Å². The molecule has 0 bridgehead atoms. The minimum atomic E-state index is 1.17. The maximum absolute atomic E-state index is 2.37. The average Bonchev–Trinajstić information content (AvgIpc) is 3.23. The highest BCUT2D eigenvalue weighted by Crippen LogP contribution is 2.38. The van der Waals surface area contributed by atoms with Crippen LogP contribution in [0.4, 0.5) is 0 Å². The molecule has 0 N–H and O–H groups in total. The van der Waals surface area contributed by atoms with Crippen molar-refractivity contribution in [1.29, 1.82) is 0 Å². The third-order valence-electron chi connectivity index (χ3n) is 6.45. The van der Waals surface area contributed by atoms with Crippen LogP contribution >= 0.6 is 11.3 Å². The number of hydrogen-bond donors (Lipinski definition) is 0. The first-order chi connectivity index (χ1) is 15.7. The van der Waals surface area contributed by atoms with Gasteiger partial charge in [-0.25, -0.2) is 0 Å². The molecule has 0 nitrogen and oxygen atoms in total. The fourth-order valence-electron chi connectivity index (χ4n) is 4.59. The SMILES string of the molecule is Cc1ccc(-c2ccc(-c3ccc(-c4ccc5sc6c(c5c4)C=CCC6)cc3)cc2)cc1. The van der Waals surface area contributed by atoms with Crippen LogP contribution in [0.25, 0.3) is 49.5 Å². The molecular formula is C31H24S. The molecule has 1 aromatic heterocycles. The quantitative estimate of drug-likeness (QED) is 0.269. The molecule has 0 unspecified atom stereocenters. The third kappa shape index (κ3) is 3.49. The van der Waals surface area contributed by atoms with Crippen LogP contribution in [0.15, 0.2) is 97.1 Å². The Labute approximate surface area is 193 Å². The van der Waals surface area contributed by atoms with Gasteiger partial charge in [-0.05, 0) is 70.8 Å². The predicted octanol–water partition coefficient (Wildman–Crippen LogP) is 9.17. The highest BCUT2D eigenvalue weighted by molar-refractivity contribution is 7.19. The van der Waals surface area contributed by atoms with Crippen LogP contribution in [0.1, 0.15) is 22.4 Å². The molecule has 0 fully saturated rings. The molecule has 0 radical (unpaired) electrons. The topological polar surface area (TPSA) is 0 Å². The van der Waals surface area contributed by atoms with Gasteiger partial charge in [0.2, 0.25) is 0 Å². The van der Waals surface area contributed by atoms with Crippen molar-refractivity contribution in [1.82, 2.24) is 0 Å². The van der Waals surface area contributed by atoms with E-state index in [9.17, 15) is 0 Å². The van der Waals surface area contributed by atoms with E-state index in [4.69, 9.17) is 0 Å². The number of fused-ring (bicyclic) bond motifs is 3. The Kier molecular flexibility index (Phi) is 4.78. The van der Waals surface area contributed by atoms with E-state index in [1.165, 1.54) is 72.3 Å². The first-order valence-electron chi connectivity index (χ1n) is 11.2. The lowest BCUT2D eigenvalue weighted by molar-refractivity contribution is 1.02. The zero-order valence-corrected chi connectivity index (χ0v) is 19.0. The molecule has 0 spiro atoms. The summed E-state index contributed by atoms with van der Waals surface area (Å²) < 4.78 is 1.40. The second-order valence-electron chi connectivity index (χ2n) is 8.61. The highest BCUT2D eigenvalue weighted by atomic mass is 32.1. The minimum Gasteiger partial charge on any atom is -0.140 e. The monoisotopic (exact) mass is 428 g/mol. The smallest absolute Gasteiger partial charge is 0.0352 e. The van der Waals surface area contributed by atoms with Gasteiger partial charge in [0.25, 0.3) is 0 Å². The first-order valence-corrected chi connectivity index (χ1v) is 12.1. The van der Waals surface area contributed by atoms with Gasteiger partial charge in [-0.3, -0.25) is 0 Å². The summed E-state index contributed by atoms with van der Waals surface area (Å²) in [5, 5.41) is 1.40. The van der Waals surface area contributed by atoms with Gasteiger partial charge < -0.3 is 0 Å². The second kappa shape index (κ2) is 7.93. The summed E-state index contributed by atoms with van der Waals surface area (Å²) in [6.07, 6.45) is 6.96. The average molecular weight is 429 g/mol. The molecule has 0 aliphatic heterocycles. The fourth-order valence-corrected chi connectivity index (χ4v) is 5.78. The lowest BCUT2D eigenvalue weighted by Gasteiger charge is -2.08. The summed E-state index contributed by atoms with van der Waals surface area (Å²) >= 11 is 1.95. The summed E-state index contributed by atoms with van der Waals surface area (Å²) in [4.78, 5) is 1.53. The molecule has 5 aromatic rings. The van der Waals surface area contributed by atoms with Crippen molar-refractivity contribution in [3.05, 3.63) is 113 Å². The lowest BCUT2D eigenvalue weighted by atomic mass is 9.96. The third-order valence-corrected chi connectivity index (χ3v) is 7.69. The molecule has 0 amide bonds. The highest BCUT2D eigenvalue weighted by Gasteiger charge is 2.13. The Morgan fingerprint density at radius 3 is 1.69 bits per heavy atom. The molecule has 0 saturated heterocycles. The van der Waals surface area contributed by atoms with Crippen molar-refractivity contribution in [2.45, 2.75) is 19.8 Å². The Morgan fingerprint density at radius 1 is 0.594 bits per heavy atom. The first kappa shape index (κ1) is 19.3. The van der Waals surface area contributed by atoms with Gasteiger partial charge in [-0.15, -0.1) is 11.3 Å². The Bertz CT molecular complexity index is 1430. The molecule has 1 heterocycles. The maximum Gasteiger partial charge on any atom is 0.0352 e. The molecule has 0 atom stereocenters. The lowest BCUT2D eigenvalue weighted by Crippen LogP contribution is -1.87. The van der Waals surface area contributed by atoms with Crippen LogP contribution < -0.4 is 0 Å². The summed E-state index contributed by atoms with van der Waals surface area (Å²) in [6.45, 7) is 2.12. The summed E-state index contributed by atoms with van der Waals surface area (Å²) in [7, 11) is 0. The molecular weight excluding hydrogens is 404 g/mol. The largest absolute Gasteiger partial charge is 0.140 e. The maximum atomic E-state index is 2.37. The van der Waals surface area contributed by atoms with Crippen molar-refractivity contribution in [2.75, 3.05) is 0 Å². The van der Waals surface area contributed by atoms with Crippen molar-refractivity contribution in [3.8, 4) is 33.4 Å². The predicted molar refractivity (Wildman–Crippen MR) is 140 cm³/mol. The van der Waals surface area contributed by atoms with Gasteiger partial charge >= 0.3 is 0 Å². The minimum absolute atomic E-state index is 1.17. The van der Waals surface area contributed by atoms with Gasteiger partial charge in [0.15, 0.2) is 0 Å². The number of rotatable bonds is 3. The van der Waals surface area contributed by atoms with Crippen molar-refractivity contribution in [2.24, 2.45) is 0 Å².